The maximum Gasteiger partial charge on any atom is 0.267 e. The number of hydrogen-bond donors (Lipinski definition) is 0. The van der Waals surface area contributed by atoms with E-state index in [1.54, 1.807) is 42.5 Å². The van der Waals surface area contributed by atoms with Crippen molar-refractivity contribution in [2.45, 2.75) is 19.0 Å². The van der Waals surface area contributed by atoms with E-state index in [1.165, 1.54) is 29.2 Å². The number of nitrogens with zero attached hydrogens (tertiary/aromatic N) is 3. The van der Waals surface area contributed by atoms with Gasteiger partial charge in [0.25, 0.3) is 5.56 Å². The molecule has 4 rings (SSSR count). The van der Waals surface area contributed by atoms with Crippen LogP contribution in [0.2, 0.25) is 0 Å². The molecule has 0 aliphatic carbocycles. The van der Waals surface area contributed by atoms with Gasteiger partial charge >= 0.3 is 0 Å². The molecule has 0 radical (unpaired) electrons. The molecule has 3 aromatic rings. The predicted octanol–water partition coefficient (Wildman–Crippen LogP) is 2.27. The Balaban J connectivity index is 1.67. The zero-order valence-electron chi connectivity index (χ0n) is 16.5. The Hall–Kier alpha value is -3.33. The summed E-state index contributed by atoms with van der Waals surface area (Å²) in [6.45, 7) is -0.396. The molecule has 1 amide bonds. The Morgan fingerprint density at radius 2 is 1.77 bits per heavy atom. The van der Waals surface area contributed by atoms with Crippen LogP contribution in [-0.4, -0.2) is 41.7 Å². The van der Waals surface area contributed by atoms with Gasteiger partial charge in [0.05, 0.1) is 23.2 Å². The van der Waals surface area contributed by atoms with Crippen molar-refractivity contribution in [2.24, 2.45) is 0 Å². The number of amides is 1. The van der Waals surface area contributed by atoms with Gasteiger partial charge in [-0.15, -0.1) is 0 Å². The zero-order chi connectivity index (χ0) is 22.0. The summed E-state index contributed by atoms with van der Waals surface area (Å²) in [5.74, 6) is -1.08. The van der Waals surface area contributed by atoms with E-state index in [0.717, 1.165) is 4.68 Å². The van der Waals surface area contributed by atoms with Crippen LogP contribution in [0.1, 0.15) is 6.42 Å². The van der Waals surface area contributed by atoms with Gasteiger partial charge in [0, 0.05) is 17.3 Å². The molecule has 1 aromatic heterocycles. The quantitative estimate of drug-likeness (QED) is 0.606. The molecule has 0 N–H and O–H groups in total. The van der Waals surface area contributed by atoms with E-state index in [-0.39, 0.29) is 22.8 Å². The van der Waals surface area contributed by atoms with Crippen LogP contribution in [0.3, 0.4) is 0 Å². The number of carbonyl (C=O) groups excluding carboxylic acids is 1. The smallest absolute Gasteiger partial charge is 0.267 e. The minimum atomic E-state index is -3.23. The number of halogens is 1. The largest absolute Gasteiger partial charge is 0.307 e. The summed E-state index contributed by atoms with van der Waals surface area (Å²) in [5, 5.41) is 4.17. The fourth-order valence-electron chi connectivity index (χ4n) is 3.71. The lowest BCUT2D eigenvalue weighted by molar-refractivity contribution is -0.119. The Bertz CT molecular complexity index is 1280. The van der Waals surface area contributed by atoms with Crippen molar-refractivity contribution in [3.05, 3.63) is 82.9 Å². The van der Waals surface area contributed by atoms with Gasteiger partial charge < -0.3 is 4.90 Å². The average Bonchev–Trinajstić information content (AvgIpc) is 3.10. The van der Waals surface area contributed by atoms with Crippen molar-refractivity contribution < 1.29 is 17.6 Å². The lowest BCUT2D eigenvalue weighted by Gasteiger charge is -2.28. The van der Waals surface area contributed by atoms with Gasteiger partial charge in [-0.3, -0.25) is 9.59 Å². The molecule has 1 fully saturated rings. The minimum Gasteiger partial charge on any atom is -0.307 e. The molecule has 2 heterocycles. The molecule has 1 aliphatic heterocycles. The van der Waals surface area contributed by atoms with Crippen LogP contribution in [0, 0.1) is 5.82 Å². The van der Waals surface area contributed by atoms with E-state index in [0.29, 0.717) is 12.1 Å². The second-order valence-electron chi connectivity index (χ2n) is 7.35. The van der Waals surface area contributed by atoms with Crippen LogP contribution in [0.5, 0.6) is 0 Å². The lowest BCUT2D eigenvalue weighted by atomic mass is 10.1. The summed E-state index contributed by atoms with van der Waals surface area (Å²) in [6, 6.07) is 16.9. The van der Waals surface area contributed by atoms with Gasteiger partial charge in [0.15, 0.2) is 9.84 Å². The minimum absolute atomic E-state index is 0.00917. The highest BCUT2D eigenvalue weighted by Crippen LogP contribution is 2.25. The Kier molecular flexibility index (Phi) is 5.69. The van der Waals surface area contributed by atoms with Crippen LogP contribution in [0.4, 0.5) is 10.1 Å². The van der Waals surface area contributed by atoms with Crippen LogP contribution < -0.4 is 10.5 Å². The molecule has 1 saturated heterocycles. The standard InChI is InChI=1S/C22H20FN3O4S/c23-19-9-5-4-8-18(19)20-10-11-21(27)25(24-20)14-22(28)26(16-6-2-1-3-7-16)17-12-13-31(29,30)15-17/h1-11,17H,12-15H2/t17-/m0/s1. The molecular formula is C22H20FN3O4S. The van der Waals surface area contributed by atoms with Gasteiger partial charge in [0.2, 0.25) is 5.91 Å². The molecule has 7 nitrogen and oxygen atoms in total. The van der Waals surface area contributed by atoms with Gasteiger partial charge in [-0.25, -0.2) is 17.5 Å². The third-order valence-corrected chi connectivity index (χ3v) is 6.93. The first-order valence-corrected chi connectivity index (χ1v) is 11.6. The third kappa shape index (κ3) is 4.56. The highest BCUT2D eigenvalue weighted by molar-refractivity contribution is 7.91. The number of hydrogen-bond acceptors (Lipinski definition) is 5. The summed E-state index contributed by atoms with van der Waals surface area (Å²) in [7, 11) is -3.23. The van der Waals surface area contributed by atoms with Crippen molar-refractivity contribution in [2.75, 3.05) is 16.4 Å². The Labute approximate surface area is 178 Å². The molecule has 9 heteroatoms. The van der Waals surface area contributed by atoms with Crippen LogP contribution in [0.25, 0.3) is 11.3 Å². The van der Waals surface area contributed by atoms with E-state index >= 15 is 0 Å². The van der Waals surface area contributed by atoms with E-state index < -0.39 is 39.7 Å². The highest BCUT2D eigenvalue weighted by Gasteiger charge is 2.35. The molecular weight excluding hydrogens is 421 g/mol. The first-order chi connectivity index (χ1) is 14.8. The first-order valence-electron chi connectivity index (χ1n) is 9.75. The maximum atomic E-state index is 14.1. The zero-order valence-corrected chi connectivity index (χ0v) is 17.3. The van der Waals surface area contributed by atoms with Crippen LogP contribution >= 0.6 is 0 Å². The van der Waals surface area contributed by atoms with Crippen molar-refractivity contribution >= 4 is 21.4 Å². The summed E-state index contributed by atoms with van der Waals surface area (Å²) in [6.07, 6.45) is 0.320. The number of rotatable bonds is 5. The van der Waals surface area contributed by atoms with E-state index in [4.69, 9.17) is 0 Å². The van der Waals surface area contributed by atoms with Gasteiger partial charge in [-0.05, 0) is 36.8 Å². The molecule has 0 spiro atoms. The molecule has 160 valence electrons. The van der Waals surface area contributed by atoms with Crippen LogP contribution in [0.15, 0.2) is 71.5 Å². The van der Waals surface area contributed by atoms with Crippen molar-refractivity contribution in [3.8, 4) is 11.3 Å². The third-order valence-electron chi connectivity index (χ3n) is 5.18. The number of benzene rings is 2. The lowest BCUT2D eigenvalue weighted by Crippen LogP contribution is -2.44. The van der Waals surface area contributed by atoms with Gasteiger partial charge in [-0.1, -0.05) is 30.3 Å². The van der Waals surface area contributed by atoms with Gasteiger partial charge in [0.1, 0.15) is 12.4 Å². The Morgan fingerprint density at radius 3 is 2.45 bits per heavy atom. The second-order valence-corrected chi connectivity index (χ2v) is 9.58. The topological polar surface area (TPSA) is 89.3 Å². The molecule has 1 aliphatic rings. The van der Waals surface area contributed by atoms with E-state index in [9.17, 15) is 22.4 Å². The fourth-order valence-corrected chi connectivity index (χ4v) is 5.40. The average molecular weight is 441 g/mol. The summed E-state index contributed by atoms with van der Waals surface area (Å²) < 4.78 is 39.1. The van der Waals surface area contributed by atoms with E-state index in [2.05, 4.69) is 5.10 Å². The number of carbonyl (C=O) groups is 1. The van der Waals surface area contributed by atoms with Crippen molar-refractivity contribution in [3.63, 3.8) is 0 Å². The highest BCUT2D eigenvalue weighted by atomic mass is 32.2. The summed E-state index contributed by atoms with van der Waals surface area (Å²) >= 11 is 0. The van der Waals surface area contributed by atoms with Gasteiger partial charge in [-0.2, -0.15) is 5.10 Å². The molecule has 2 aromatic carbocycles. The van der Waals surface area contributed by atoms with Crippen LogP contribution in [-0.2, 0) is 21.2 Å². The summed E-state index contributed by atoms with van der Waals surface area (Å²) in [4.78, 5) is 27.0. The number of anilines is 1. The molecule has 0 unspecified atom stereocenters. The molecule has 0 bridgehead atoms. The molecule has 1 atom stereocenters. The van der Waals surface area contributed by atoms with E-state index in [1.807, 2.05) is 0 Å². The molecule has 31 heavy (non-hydrogen) atoms. The second kappa shape index (κ2) is 8.43. The number of para-hydroxylation sites is 1. The molecule has 0 saturated carbocycles. The Morgan fingerprint density at radius 1 is 1.06 bits per heavy atom. The predicted molar refractivity (Wildman–Crippen MR) is 115 cm³/mol. The monoisotopic (exact) mass is 441 g/mol. The number of aromatic nitrogens is 2. The normalized spacial score (nSPS) is 17.4. The maximum absolute atomic E-state index is 14.1. The van der Waals surface area contributed by atoms with Crippen molar-refractivity contribution in [1.29, 1.82) is 0 Å². The first kappa shape index (κ1) is 20.9. The van der Waals surface area contributed by atoms with Crippen molar-refractivity contribution in [1.82, 2.24) is 9.78 Å². The summed E-state index contributed by atoms with van der Waals surface area (Å²) in [5.41, 5.74) is 0.471. The fraction of sp³-hybridized carbons (Fsp3) is 0.227. The SMILES string of the molecule is O=C(Cn1nc(-c2ccccc2F)ccc1=O)N(c1ccccc1)[C@H]1CCS(=O)(=O)C1. The number of sulfone groups is 1.